The average Bonchev–Trinajstić information content (AvgIpc) is 2.68. The molecule has 0 aliphatic carbocycles. The van der Waals surface area contributed by atoms with Gasteiger partial charge in [0.05, 0.1) is 18.2 Å². The van der Waals surface area contributed by atoms with Gasteiger partial charge >= 0.3 is 5.97 Å². The molecule has 148 valence electrons. The van der Waals surface area contributed by atoms with Gasteiger partial charge in [0.25, 0.3) is 5.91 Å². The summed E-state index contributed by atoms with van der Waals surface area (Å²) in [6.07, 6.45) is 2.20. The van der Waals surface area contributed by atoms with Gasteiger partial charge in [0, 0.05) is 31.9 Å². The van der Waals surface area contributed by atoms with Crippen molar-refractivity contribution in [1.82, 2.24) is 4.90 Å². The van der Waals surface area contributed by atoms with Crippen molar-refractivity contribution >= 4 is 29.2 Å². The van der Waals surface area contributed by atoms with Gasteiger partial charge in [0.15, 0.2) is 0 Å². The zero-order chi connectivity index (χ0) is 20.7. The summed E-state index contributed by atoms with van der Waals surface area (Å²) in [4.78, 5) is 39.3. The Labute approximate surface area is 164 Å². The molecule has 2 rings (SSSR count). The van der Waals surface area contributed by atoms with E-state index in [1.807, 2.05) is 6.07 Å². The molecule has 1 aliphatic heterocycles. The third-order valence-corrected chi connectivity index (χ3v) is 4.50. The summed E-state index contributed by atoms with van der Waals surface area (Å²) in [5.74, 6) is -1.32. The Kier molecular flexibility index (Phi) is 7.15. The number of hydrogen-bond acceptors (Lipinski definition) is 6. The highest BCUT2D eigenvalue weighted by Crippen LogP contribution is 2.22. The molecule has 1 aromatic rings. The van der Waals surface area contributed by atoms with Gasteiger partial charge < -0.3 is 15.4 Å². The lowest BCUT2D eigenvalue weighted by Crippen LogP contribution is -2.41. The van der Waals surface area contributed by atoms with Gasteiger partial charge in [-0.05, 0) is 38.0 Å². The second-order valence-electron chi connectivity index (χ2n) is 6.46. The van der Waals surface area contributed by atoms with E-state index in [9.17, 15) is 19.6 Å². The Morgan fingerprint density at radius 1 is 1.36 bits per heavy atom. The summed E-state index contributed by atoms with van der Waals surface area (Å²) < 4.78 is 5.02. The molecule has 28 heavy (non-hydrogen) atoms. The quantitative estimate of drug-likeness (QED) is 0.358. The number of carbonyl (C=O) groups is 3. The lowest BCUT2D eigenvalue weighted by atomic mass is 9.96. The molecule has 0 atom stereocenters. The lowest BCUT2D eigenvalue weighted by Gasteiger charge is -2.31. The van der Waals surface area contributed by atoms with Gasteiger partial charge in [-0.2, -0.15) is 5.26 Å². The molecule has 8 nitrogen and oxygen atoms in total. The topological polar surface area (TPSA) is 117 Å². The van der Waals surface area contributed by atoms with E-state index in [1.54, 1.807) is 31.2 Å². The Balaban J connectivity index is 2.15. The van der Waals surface area contributed by atoms with Crippen molar-refractivity contribution in [2.45, 2.75) is 26.7 Å². The molecule has 0 radical (unpaired) electrons. The van der Waals surface area contributed by atoms with Crippen LogP contribution in [0.4, 0.5) is 11.4 Å². The predicted octanol–water partition coefficient (Wildman–Crippen LogP) is 1.83. The van der Waals surface area contributed by atoms with Crippen LogP contribution in [0.15, 0.2) is 36.0 Å². The number of likely N-dealkylation sites (tertiary alicyclic amines) is 1. The lowest BCUT2D eigenvalue weighted by molar-refractivity contribution is -0.150. The molecular formula is C20H24N4O4. The molecule has 1 aromatic carbocycles. The number of piperidine rings is 1. The first-order chi connectivity index (χ1) is 13.4. The van der Waals surface area contributed by atoms with Crippen LogP contribution in [0.1, 0.15) is 26.7 Å². The van der Waals surface area contributed by atoms with Crippen LogP contribution in [-0.2, 0) is 19.1 Å². The fourth-order valence-electron chi connectivity index (χ4n) is 3.03. The third-order valence-electron chi connectivity index (χ3n) is 4.50. The van der Waals surface area contributed by atoms with Gasteiger partial charge in [-0.15, -0.1) is 0 Å². The van der Waals surface area contributed by atoms with Crippen LogP contribution in [0.5, 0.6) is 0 Å². The molecule has 0 aromatic heterocycles. The van der Waals surface area contributed by atoms with Crippen LogP contribution in [0.3, 0.4) is 0 Å². The highest BCUT2D eigenvalue weighted by Gasteiger charge is 2.30. The van der Waals surface area contributed by atoms with Gasteiger partial charge in [0.1, 0.15) is 11.6 Å². The number of nitrogen functional groups attached to an aromatic ring is 1. The van der Waals surface area contributed by atoms with Crippen LogP contribution in [0, 0.1) is 17.2 Å². The zero-order valence-electron chi connectivity index (χ0n) is 16.1. The van der Waals surface area contributed by atoms with E-state index in [0.29, 0.717) is 43.9 Å². The first kappa shape index (κ1) is 21.0. The van der Waals surface area contributed by atoms with Gasteiger partial charge in [-0.3, -0.25) is 19.3 Å². The Morgan fingerprint density at radius 2 is 2.04 bits per heavy atom. The SMILES string of the molecule is CCOC(=O)C1CCN(C(=O)/C(C#N)=C\N(C(C)=O)c2cccc(N)c2)CC1. The minimum Gasteiger partial charge on any atom is -0.466 e. The van der Waals surface area contributed by atoms with E-state index in [1.165, 1.54) is 22.9 Å². The monoisotopic (exact) mass is 384 g/mol. The molecule has 0 saturated carbocycles. The Bertz CT molecular complexity index is 820. The maximum Gasteiger partial charge on any atom is 0.309 e. The number of nitrogens with zero attached hydrogens (tertiary/aromatic N) is 3. The number of anilines is 2. The van der Waals surface area contributed by atoms with E-state index < -0.39 is 5.91 Å². The van der Waals surface area contributed by atoms with Crippen LogP contribution >= 0.6 is 0 Å². The van der Waals surface area contributed by atoms with Crippen molar-refractivity contribution in [2.75, 3.05) is 30.3 Å². The standard InChI is InChI=1S/C20H24N4O4/c1-3-28-20(27)15-7-9-23(10-8-15)19(26)16(12-21)13-24(14(2)25)18-6-4-5-17(22)11-18/h4-6,11,13,15H,3,7-10,22H2,1-2H3/b16-13-. The first-order valence-corrected chi connectivity index (χ1v) is 9.10. The Morgan fingerprint density at radius 3 is 2.57 bits per heavy atom. The first-order valence-electron chi connectivity index (χ1n) is 9.10. The summed E-state index contributed by atoms with van der Waals surface area (Å²) in [5, 5.41) is 9.47. The number of benzene rings is 1. The number of rotatable bonds is 5. The van der Waals surface area contributed by atoms with Gasteiger partial charge in [-0.1, -0.05) is 6.07 Å². The van der Waals surface area contributed by atoms with Crippen LogP contribution in [0.25, 0.3) is 0 Å². The number of ether oxygens (including phenoxy) is 1. The molecule has 1 fully saturated rings. The molecule has 0 spiro atoms. The molecule has 0 unspecified atom stereocenters. The molecule has 1 aliphatic rings. The molecule has 1 saturated heterocycles. The van der Waals surface area contributed by atoms with Crippen molar-refractivity contribution < 1.29 is 19.1 Å². The van der Waals surface area contributed by atoms with E-state index in [0.717, 1.165) is 0 Å². The second kappa shape index (κ2) is 9.55. The fraction of sp³-hybridized carbons (Fsp3) is 0.400. The molecule has 2 amide bonds. The summed E-state index contributed by atoms with van der Waals surface area (Å²) >= 11 is 0. The Hall–Kier alpha value is -3.34. The van der Waals surface area contributed by atoms with E-state index in [4.69, 9.17) is 10.5 Å². The minimum absolute atomic E-state index is 0.160. The number of nitrogens with two attached hydrogens (primary N) is 1. The van der Waals surface area contributed by atoms with E-state index >= 15 is 0 Å². The fourth-order valence-corrected chi connectivity index (χ4v) is 3.03. The average molecular weight is 384 g/mol. The largest absolute Gasteiger partial charge is 0.466 e. The molecule has 2 N–H and O–H groups in total. The van der Waals surface area contributed by atoms with E-state index in [-0.39, 0.29) is 23.4 Å². The number of esters is 1. The van der Waals surface area contributed by atoms with Crippen molar-refractivity contribution in [3.8, 4) is 6.07 Å². The predicted molar refractivity (Wildman–Crippen MR) is 104 cm³/mol. The molecular weight excluding hydrogens is 360 g/mol. The maximum absolute atomic E-state index is 12.7. The van der Waals surface area contributed by atoms with Crippen molar-refractivity contribution in [2.24, 2.45) is 5.92 Å². The molecule has 8 heteroatoms. The van der Waals surface area contributed by atoms with Crippen LogP contribution in [0.2, 0.25) is 0 Å². The normalized spacial score (nSPS) is 14.9. The summed E-state index contributed by atoms with van der Waals surface area (Å²) in [7, 11) is 0. The number of carbonyl (C=O) groups excluding carboxylic acids is 3. The smallest absolute Gasteiger partial charge is 0.309 e. The van der Waals surface area contributed by atoms with Crippen molar-refractivity contribution in [3.05, 3.63) is 36.0 Å². The van der Waals surface area contributed by atoms with Crippen molar-refractivity contribution in [3.63, 3.8) is 0 Å². The van der Waals surface area contributed by atoms with Crippen LogP contribution < -0.4 is 10.6 Å². The number of nitriles is 1. The van der Waals surface area contributed by atoms with E-state index in [2.05, 4.69) is 0 Å². The highest BCUT2D eigenvalue weighted by atomic mass is 16.5. The summed E-state index contributed by atoms with van der Waals surface area (Å²) in [6, 6.07) is 8.49. The van der Waals surface area contributed by atoms with Gasteiger partial charge in [-0.25, -0.2) is 0 Å². The summed E-state index contributed by atoms with van der Waals surface area (Å²) in [5.41, 5.74) is 6.53. The third kappa shape index (κ3) is 5.10. The number of hydrogen-bond donors (Lipinski definition) is 1. The van der Waals surface area contributed by atoms with Gasteiger partial charge in [0.2, 0.25) is 5.91 Å². The molecule has 1 heterocycles. The maximum atomic E-state index is 12.7. The van der Waals surface area contributed by atoms with Crippen LogP contribution in [-0.4, -0.2) is 42.4 Å². The minimum atomic E-state index is -0.472. The summed E-state index contributed by atoms with van der Waals surface area (Å²) in [6.45, 7) is 4.11. The zero-order valence-corrected chi connectivity index (χ0v) is 16.1. The number of amides is 2. The van der Waals surface area contributed by atoms with Crippen molar-refractivity contribution in [1.29, 1.82) is 5.26 Å². The molecule has 0 bridgehead atoms. The highest BCUT2D eigenvalue weighted by molar-refractivity contribution is 6.01. The second-order valence-corrected chi connectivity index (χ2v) is 6.46.